The first kappa shape index (κ1) is 19.9. The standard InChI is InChI=1S/C24H28N2O2S/c1-16-11-17(2)24-21(12-16)22-15-25(4)10-9-23(22)26(24)14-18(3)19-7-6-8-20(13-19)29(5,27)28/h6-8,11-14H,9-10,15H2,1-5H3. The lowest BCUT2D eigenvalue weighted by Gasteiger charge is -2.23. The first-order chi connectivity index (χ1) is 13.6. The molecule has 5 heteroatoms. The second-order valence-corrected chi connectivity index (χ2v) is 10.4. The molecule has 0 N–H and O–H groups in total. The van der Waals surface area contributed by atoms with Crippen LogP contribution in [0.1, 0.15) is 34.9 Å². The maximum Gasteiger partial charge on any atom is 0.175 e. The fourth-order valence-corrected chi connectivity index (χ4v) is 5.09. The Kier molecular flexibility index (Phi) is 4.91. The maximum absolute atomic E-state index is 12.0. The molecule has 0 fully saturated rings. The van der Waals surface area contributed by atoms with E-state index in [9.17, 15) is 8.42 Å². The topological polar surface area (TPSA) is 42.3 Å². The normalized spacial score (nSPS) is 15.7. The first-order valence-corrected chi connectivity index (χ1v) is 11.8. The van der Waals surface area contributed by atoms with Crippen molar-refractivity contribution in [3.63, 3.8) is 0 Å². The molecule has 1 aliphatic heterocycles. The van der Waals surface area contributed by atoms with Crippen LogP contribution in [0.15, 0.2) is 41.3 Å². The Morgan fingerprint density at radius 2 is 1.90 bits per heavy atom. The Balaban J connectivity index is 1.93. The summed E-state index contributed by atoms with van der Waals surface area (Å²) in [6, 6.07) is 11.7. The summed E-state index contributed by atoms with van der Waals surface area (Å²) in [4.78, 5) is 2.73. The number of fused-ring (bicyclic) bond motifs is 3. The van der Waals surface area contributed by atoms with Gasteiger partial charge in [0.2, 0.25) is 0 Å². The van der Waals surface area contributed by atoms with Crippen molar-refractivity contribution in [2.24, 2.45) is 0 Å². The van der Waals surface area contributed by atoms with Crippen LogP contribution in [0.25, 0.3) is 22.7 Å². The van der Waals surface area contributed by atoms with Gasteiger partial charge in [-0.15, -0.1) is 0 Å². The molecule has 0 unspecified atom stereocenters. The molecular formula is C24H28N2O2S. The van der Waals surface area contributed by atoms with Crippen LogP contribution in [0.2, 0.25) is 0 Å². The van der Waals surface area contributed by atoms with E-state index in [0.717, 1.165) is 30.6 Å². The molecular weight excluding hydrogens is 380 g/mol. The number of hydrogen-bond acceptors (Lipinski definition) is 3. The van der Waals surface area contributed by atoms with E-state index in [-0.39, 0.29) is 0 Å². The Hall–Kier alpha value is -2.37. The smallest absolute Gasteiger partial charge is 0.175 e. The van der Waals surface area contributed by atoms with E-state index in [4.69, 9.17) is 0 Å². The zero-order valence-electron chi connectivity index (χ0n) is 17.8. The van der Waals surface area contributed by atoms with Crippen molar-refractivity contribution in [3.8, 4) is 0 Å². The second kappa shape index (κ2) is 7.15. The Bertz CT molecular complexity index is 1250. The summed E-state index contributed by atoms with van der Waals surface area (Å²) < 4.78 is 26.3. The van der Waals surface area contributed by atoms with E-state index in [2.05, 4.69) is 55.6 Å². The highest BCUT2D eigenvalue weighted by Crippen LogP contribution is 2.34. The summed E-state index contributed by atoms with van der Waals surface area (Å²) in [5, 5.41) is 1.33. The predicted molar refractivity (Wildman–Crippen MR) is 121 cm³/mol. The number of hydrogen-bond donors (Lipinski definition) is 0. The zero-order chi connectivity index (χ0) is 20.9. The molecule has 2 aromatic carbocycles. The average molecular weight is 409 g/mol. The highest BCUT2D eigenvalue weighted by molar-refractivity contribution is 7.90. The van der Waals surface area contributed by atoms with Crippen molar-refractivity contribution in [3.05, 3.63) is 64.3 Å². The van der Waals surface area contributed by atoms with Crippen LogP contribution in [-0.2, 0) is 22.8 Å². The number of aryl methyl sites for hydroxylation is 2. The van der Waals surface area contributed by atoms with Crippen molar-refractivity contribution in [1.82, 2.24) is 9.47 Å². The van der Waals surface area contributed by atoms with Gasteiger partial charge in [0.25, 0.3) is 0 Å². The predicted octanol–water partition coefficient (Wildman–Crippen LogP) is 4.67. The van der Waals surface area contributed by atoms with Crippen LogP contribution >= 0.6 is 0 Å². The third-order valence-electron chi connectivity index (χ3n) is 5.85. The minimum absolute atomic E-state index is 0.357. The average Bonchev–Trinajstić information content (AvgIpc) is 2.94. The maximum atomic E-state index is 12.0. The number of allylic oxidation sites excluding steroid dienone is 1. The highest BCUT2D eigenvalue weighted by Gasteiger charge is 2.23. The van der Waals surface area contributed by atoms with Gasteiger partial charge in [0.15, 0.2) is 9.84 Å². The molecule has 4 rings (SSSR count). The summed E-state index contributed by atoms with van der Waals surface area (Å²) in [6.45, 7) is 8.38. The third-order valence-corrected chi connectivity index (χ3v) is 6.96. The lowest BCUT2D eigenvalue weighted by atomic mass is 10.0. The molecule has 1 aliphatic rings. The van der Waals surface area contributed by atoms with Crippen molar-refractivity contribution < 1.29 is 8.42 Å². The van der Waals surface area contributed by atoms with Gasteiger partial charge in [-0.3, -0.25) is 0 Å². The molecule has 2 heterocycles. The number of likely N-dealkylation sites (N-methyl/N-ethyl adjacent to an activating group) is 1. The Labute approximate surface area is 173 Å². The number of aromatic nitrogens is 1. The molecule has 3 aromatic rings. The molecule has 0 saturated heterocycles. The van der Waals surface area contributed by atoms with E-state index in [1.807, 2.05) is 12.1 Å². The fraction of sp³-hybridized carbons (Fsp3) is 0.333. The van der Waals surface area contributed by atoms with E-state index < -0.39 is 9.84 Å². The minimum Gasteiger partial charge on any atom is -0.319 e. The molecule has 0 spiro atoms. The summed E-state index contributed by atoms with van der Waals surface area (Å²) in [5.74, 6) is 0. The summed E-state index contributed by atoms with van der Waals surface area (Å²) in [7, 11) is -1.05. The number of sulfone groups is 1. The van der Waals surface area contributed by atoms with Crippen molar-refractivity contribution in [1.29, 1.82) is 0 Å². The van der Waals surface area contributed by atoms with Gasteiger partial charge < -0.3 is 9.47 Å². The van der Waals surface area contributed by atoms with Crippen LogP contribution < -0.4 is 0 Å². The van der Waals surface area contributed by atoms with Crippen molar-refractivity contribution in [2.75, 3.05) is 19.8 Å². The molecule has 0 radical (unpaired) electrons. The van der Waals surface area contributed by atoms with E-state index >= 15 is 0 Å². The largest absolute Gasteiger partial charge is 0.319 e. The van der Waals surface area contributed by atoms with Gasteiger partial charge in [-0.25, -0.2) is 8.42 Å². The van der Waals surface area contributed by atoms with Gasteiger partial charge in [-0.05, 0) is 68.3 Å². The number of nitrogens with zero attached hydrogens (tertiary/aromatic N) is 2. The number of rotatable bonds is 3. The molecule has 1 aromatic heterocycles. The van der Waals surface area contributed by atoms with Crippen LogP contribution in [0.5, 0.6) is 0 Å². The molecule has 0 saturated carbocycles. The summed E-state index contributed by atoms with van der Waals surface area (Å²) in [5.41, 5.74) is 8.57. The van der Waals surface area contributed by atoms with Crippen LogP contribution in [0.3, 0.4) is 0 Å². The minimum atomic E-state index is -3.23. The quantitative estimate of drug-likeness (QED) is 0.633. The third kappa shape index (κ3) is 3.65. The van der Waals surface area contributed by atoms with Gasteiger partial charge in [-0.2, -0.15) is 0 Å². The molecule has 152 valence electrons. The SMILES string of the molecule is CC(=Cn1c2c(c3cc(C)cc(C)c31)CN(C)CC2)c1cccc(S(C)(=O)=O)c1. The molecule has 0 atom stereocenters. The van der Waals surface area contributed by atoms with Gasteiger partial charge in [0.05, 0.1) is 10.4 Å². The van der Waals surface area contributed by atoms with Crippen LogP contribution in [0, 0.1) is 13.8 Å². The summed E-state index contributed by atoms with van der Waals surface area (Å²) in [6.07, 6.45) is 4.44. The van der Waals surface area contributed by atoms with Crippen LogP contribution in [-0.4, -0.2) is 37.7 Å². The second-order valence-electron chi connectivity index (χ2n) is 8.37. The van der Waals surface area contributed by atoms with Crippen molar-refractivity contribution >= 4 is 32.5 Å². The van der Waals surface area contributed by atoms with Gasteiger partial charge in [0, 0.05) is 43.0 Å². The van der Waals surface area contributed by atoms with E-state index in [0.29, 0.717) is 4.90 Å². The van der Waals surface area contributed by atoms with E-state index in [1.54, 1.807) is 12.1 Å². The molecule has 0 aliphatic carbocycles. The first-order valence-electron chi connectivity index (χ1n) is 9.95. The van der Waals surface area contributed by atoms with Crippen LogP contribution in [0.4, 0.5) is 0 Å². The fourth-order valence-electron chi connectivity index (χ4n) is 4.42. The molecule has 0 bridgehead atoms. The van der Waals surface area contributed by atoms with Gasteiger partial charge in [0.1, 0.15) is 0 Å². The van der Waals surface area contributed by atoms with Crippen molar-refractivity contribution in [2.45, 2.75) is 38.6 Å². The monoisotopic (exact) mass is 408 g/mol. The highest BCUT2D eigenvalue weighted by atomic mass is 32.2. The Morgan fingerprint density at radius 3 is 2.62 bits per heavy atom. The molecule has 29 heavy (non-hydrogen) atoms. The summed E-state index contributed by atoms with van der Waals surface area (Å²) >= 11 is 0. The van der Waals surface area contributed by atoms with Gasteiger partial charge in [-0.1, -0.05) is 23.8 Å². The van der Waals surface area contributed by atoms with Gasteiger partial charge >= 0.3 is 0 Å². The Morgan fingerprint density at radius 1 is 1.14 bits per heavy atom. The van der Waals surface area contributed by atoms with E-state index in [1.165, 1.54) is 39.5 Å². The zero-order valence-corrected chi connectivity index (χ0v) is 18.6. The lowest BCUT2D eigenvalue weighted by molar-refractivity contribution is 0.312. The molecule has 4 nitrogen and oxygen atoms in total. The number of benzene rings is 2. The lowest BCUT2D eigenvalue weighted by Crippen LogP contribution is -2.26. The molecule has 0 amide bonds.